The van der Waals surface area contributed by atoms with Gasteiger partial charge in [0.2, 0.25) is 0 Å². The topological polar surface area (TPSA) is 67.4 Å². The predicted octanol–water partition coefficient (Wildman–Crippen LogP) is 3.67. The second-order valence-electron chi connectivity index (χ2n) is 6.77. The second kappa shape index (κ2) is 9.57. The number of aryl methyl sites for hydroxylation is 2. The maximum Gasteiger partial charge on any atom is 0.276 e. The van der Waals surface area contributed by atoms with Gasteiger partial charge in [-0.25, -0.2) is 0 Å². The fraction of sp³-hybridized carbons (Fsp3) is 0.273. The third kappa shape index (κ3) is 6.62. The predicted molar refractivity (Wildman–Crippen MR) is 107 cm³/mol. The van der Waals surface area contributed by atoms with Crippen molar-refractivity contribution in [3.8, 4) is 5.75 Å². The Morgan fingerprint density at radius 3 is 2.33 bits per heavy atom. The Hall–Kier alpha value is -3.08. The van der Waals surface area contributed by atoms with Gasteiger partial charge >= 0.3 is 0 Å². The summed E-state index contributed by atoms with van der Waals surface area (Å²) in [5.41, 5.74) is 8.85. The van der Waals surface area contributed by atoms with Gasteiger partial charge < -0.3 is 4.74 Å². The highest BCUT2D eigenvalue weighted by molar-refractivity contribution is 5.93. The molecule has 2 aromatic carbocycles. The van der Waals surface area contributed by atoms with Crippen molar-refractivity contribution in [2.24, 2.45) is 0 Å². The van der Waals surface area contributed by atoms with E-state index in [2.05, 4.69) is 24.7 Å². The van der Waals surface area contributed by atoms with E-state index in [4.69, 9.17) is 4.74 Å². The van der Waals surface area contributed by atoms with E-state index in [0.29, 0.717) is 5.75 Å². The van der Waals surface area contributed by atoms with Gasteiger partial charge in [-0.1, -0.05) is 55.8 Å². The molecule has 5 nitrogen and oxygen atoms in total. The summed E-state index contributed by atoms with van der Waals surface area (Å²) >= 11 is 0. The molecular weight excluding hydrogens is 340 g/mol. The molecule has 5 heteroatoms. The quantitative estimate of drug-likeness (QED) is 0.605. The maximum atomic E-state index is 11.9. The average molecular weight is 366 g/mol. The first kappa shape index (κ1) is 20.2. The molecule has 2 rings (SSSR count). The standard InChI is InChI=1S/C22H26N2O3/c1-15(2)19-11-7-17(4)13-20(19)27-14-22(26)24-23-21(25)12-10-18-8-5-16(3)6-9-18/h5-13,15H,14H2,1-4H3,(H,23,25)(H,24,26)/b12-10+. The van der Waals surface area contributed by atoms with Crippen LogP contribution in [0.25, 0.3) is 6.08 Å². The van der Waals surface area contributed by atoms with Crippen LogP contribution in [-0.2, 0) is 9.59 Å². The molecule has 0 aliphatic heterocycles. The van der Waals surface area contributed by atoms with Crippen LogP contribution in [0.15, 0.2) is 48.5 Å². The van der Waals surface area contributed by atoms with Crippen molar-refractivity contribution < 1.29 is 14.3 Å². The number of hydrazine groups is 1. The number of amides is 2. The Morgan fingerprint density at radius 1 is 1.00 bits per heavy atom. The number of ether oxygens (including phenoxy) is 1. The molecule has 0 fully saturated rings. The Morgan fingerprint density at radius 2 is 1.67 bits per heavy atom. The van der Waals surface area contributed by atoms with Crippen molar-refractivity contribution in [2.75, 3.05) is 6.61 Å². The molecule has 142 valence electrons. The van der Waals surface area contributed by atoms with Crippen molar-refractivity contribution in [1.82, 2.24) is 10.9 Å². The van der Waals surface area contributed by atoms with Gasteiger partial charge in [-0.3, -0.25) is 20.4 Å². The van der Waals surface area contributed by atoms with E-state index >= 15 is 0 Å². The van der Waals surface area contributed by atoms with Gasteiger partial charge in [0.05, 0.1) is 0 Å². The number of rotatable bonds is 6. The molecule has 2 N–H and O–H groups in total. The number of benzene rings is 2. The van der Waals surface area contributed by atoms with E-state index in [1.165, 1.54) is 6.08 Å². The lowest BCUT2D eigenvalue weighted by molar-refractivity contribution is -0.128. The molecular formula is C22H26N2O3. The lowest BCUT2D eigenvalue weighted by atomic mass is 10.0. The molecule has 0 unspecified atom stereocenters. The summed E-state index contributed by atoms with van der Waals surface area (Å²) in [7, 11) is 0. The highest BCUT2D eigenvalue weighted by Gasteiger charge is 2.10. The van der Waals surface area contributed by atoms with E-state index < -0.39 is 11.8 Å². The highest BCUT2D eigenvalue weighted by Crippen LogP contribution is 2.27. The molecule has 0 saturated carbocycles. The molecule has 0 aliphatic rings. The molecule has 0 radical (unpaired) electrons. The summed E-state index contributed by atoms with van der Waals surface area (Å²) in [5.74, 6) is 0.131. The Bertz CT molecular complexity index is 824. The lowest BCUT2D eigenvalue weighted by Gasteiger charge is -2.14. The Balaban J connectivity index is 1.81. The largest absolute Gasteiger partial charge is 0.483 e. The second-order valence-corrected chi connectivity index (χ2v) is 6.77. The fourth-order valence-electron chi connectivity index (χ4n) is 2.45. The maximum absolute atomic E-state index is 11.9. The van der Waals surface area contributed by atoms with E-state index in [1.807, 2.05) is 56.3 Å². The van der Waals surface area contributed by atoms with Crippen LogP contribution < -0.4 is 15.6 Å². The first-order chi connectivity index (χ1) is 12.8. The molecule has 0 spiro atoms. The lowest BCUT2D eigenvalue weighted by Crippen LogP contribution is -2.43. The summed E-state index contributed by atoms with van der Waals surface area (Å²) in [6, 6.07) is 13.7. The smallest absolute Gasteiger partial charge is 0.276 e. The van der Waals surface area contributed by atoms with Crippen molar-refractivity contribution in [1.29, 1.82) is 0 Å². The zero-order valence-electron chi connectivity index (χ0n) is 16.2. The number of nitrogens with one attached hydrogen (secondary N) is 2. The molecule has 0 bridgehead atoms. The summed E-state index contributed by atoms with van der Waals surface area (Å²) < 4.78 is 5.63. The number of carbonyl (C=O) groups excluding carboxylic acids is 2. The molecule has 0 atom stereocenters. The van der Waals surface area contributed by atoms with Gasteiger partial charge in [0.25, 0.3) is 11.8 Å². The van der Waals surface area contributed by atoms with E-state index in [1.54, 1.807) is 6.08 Å². The van der Waals surface area contributed by atoms with Crippen LogP contribution >= 0.6 is 0 Å². The van der Waals surface area contributed by atoms with E-state index in [-0.39, 0.29) is 12.5 Å². The van der Waals surface area contributed by atoms with Crippen molar-refractivity contribution in [3.63, 3.8) is 0 Å². The van der Waals surface area contributed by atoms with Crippen LogP contribution in [0.4, 0.5) is 0 Å². The van der Waals surface area contributed by atoms with E-state index in [9.17, 15) is 9.59 Å². The van der Waals surface area contributed by atoms with Crippen molar-refractivity contribution >= 4 is 17.9 Å². The number of hydrogen-bond donors (Lipinski definition) is 2. The third-order valence-electron chi connectivity index (χ3n) is 3.98. The molecule has 2 aromatic rings. The van der Waals surface area contributed by atoms with Crippen molar-refractivity contribution in [3.05, 3.63) is 70.8 Å². The molecule has 0 aromatic heterocycles. The minimum Gasteiger partial charge on any atom is -0.483 e. The summed E-state index contributed by atoms with van der Waals surface area (Å²) in [4.78, 5) is 23.7. The van der Waals surface area contributed by atoms with Gasteiger partial charge in [-0.05, 0) is 48.6 Å². The van der Waals surface area contributed by atoms with Crippen molar-refractivity contribution in [2.45, 2.75) is 33.6 Å². The SMILES string of the molecule is Cc1ccc(/C=C/C(=O)NNC(=O)COc2cc(C)ccc2C(C)C)cc1. The molecule has 27 heavy (non-hydrogen) atoms. The average Bonchev–Trinajstić information content (AvgIpc) is 2.64. The Kier molecular flexibility index (Phi) is 7.17. The normalized spacial score (nSPS) is 10.9. The van der Waals surface area contributed by atoms with Gasteiger partial charge in [0, 0.05) is 6.08 Å². The number of carbonyl (C=O) groups is 2. The molecule has 0 aliphatic carbocycles. The summed E-state index contributed by atoms with van der Waals surface area (Å²) in [6.45, 7) is 7.93. The minimum absolute atomic E-state index is 0.175. The van der Waals surface area contributed by atoms with Crippen LogP contribution in [0.1, 0.15) is 42.0 Å². The van der Waals surface area contributed by atoms with Crippen LogP contribution in [0.5, 0.6) is 5.75 Å². The first-order valence-corrected chi connectivity index (χ1v) is 8.92. The molecule has 0 heterocycles. The van der Waals surface area contributed by atoms with Gasteiger partial charge in [0.15, 0.2) is 6.61 Å². The summed E-state index contributed by atoms with van der Waals surface area (Å²) in [5, 5.41) is 0. The van der Waals surface area contributed by atoms with Gasteiger partial charge in [0.1, 0.15) is 5.75 Å². The Labute approximate surface area is 160 Å². The third-order valence-corrected chi connectivity index (χ3v) is 3.98. The van der Waals surface area contributed by atoms with Crippen LogP contribution in [0.3, 0.4) is 0 Å². The van der Waals surface area contributed by atoms with Gasteiger partial charge in [-0.2, -0.15) is 0 Å². The zero-order chi connectivity index (χ0) is 19.8. The zero-order valence-corrected chi connectivity index (χ0v) is 16.2. The van der Waals surface area contributed by atoms with E-state index in [0.717, 1.165) is 22.3 Å². The molecule has 0 saturated heterocycles. The molecule has 2 amide bonds. The van der Waals surface area contributed by atoms with Gasteiger partial charge in [-0.15, -0.1) is 0 Å². The number of hydrogen-bond acceptors (Lipinski definition) is 3. The highest BCUT2D eigenvalue weighted by atomic mass is 16.5. The van der Waals surface area contributed by atoms with Crippen LogP contribution in [0, 0.1) is 13.8 Å². The van der Waals surface area contributed by atoms with Crippen LogP contribution in [-0.4, -0.2) is 18.4 Å². The first-order valence-electron chi connectivity index (χ1n) is 8.92. The minimum atomic E-state index is -0.428. The van der Waals surface area contributed by atoms with Crippen LogP contribution in [0.2, 0.25) is 0 Å². The fourth-order valence-corrected chi connectivity index (χ4v) is 2.45. The summed E-state index contributed by atoms with van der Waals surface area (Å²) in [6.07, 6.45) is 3.04. The monoisotopic (exact) mass is 366 g/mol.